The van der Waals surface area contributed by atoms with Crippen LogP contribution >= 0.6 is 11.3 Å². The summed E-state index contributed by atoms with van der Waals surface area (Å²) < 4.78 is 30.0. The summed E-state index contributed by atoms with van der Waals surface area (Å²) in [6.45, 7) is 11.1. The summed E-state index contributed by atoms with van der Waals surface area (Å²) in [5, 5.41) is 13.8. The van der Waals surface area contributed by atoms with Crippen LogP contribution in [-0.2, 0) is 21.5 Å². The van der Waals surface area contributed by atoms with Gasteiger partial charge in [0.15, 0.2) is 6.29 Å². The molecule has 0 saturated heterocycles. The van der Waals surface area contributed by atoms with Gasteiger partial charge in [-0.15, -0.1) is 11.3 Å². The number of nitrogens with two attached hydrogens (primary N) is 1. The van der Waals surface area contributed by atoms with E-state index in [0.717, 1.165) is 46.1 Å². The molecular formula is C38H45F2N3O4S. The highest BCUT2D eigenvalue weighted by Gasteiger charge is 2.56. The Morgan fingerprint density at radius 3 is 2.29 bits per heavy atom. The number of carbonyl (C=O) groups excluding carboxylic acids is 2. The summed E-state index contributed by atoms with van der Waals surface area (Å²) in [4.78, 5) is 42.3. The number of nitrogens with one attached hydrogen (secondary N) is 1. The van der Waals surface area contributed by atoms with Crippen LogP contribution in [0.25, 0.3) is 10.4 Å². The molecule has 256 valence electrons. The summed E-state index contributed by atoms with van der Waals surface area (Å²) in [5.74, 6) is -3.85. The van der Waals surface area contributed by atoms with Crippen molar-refractivity contribution in [1.29, 1.82) is 0 Å². The number of halogens is 2. The maximum atomic E-state index is 15.0. The van der Waals surface area contributed by atoms with E-state index >= 15 is 8.78 Å². The van der Waals surface area contributed by atoms with Gasteiger partial charge in [0, 0.05) is 37.1 Å². The van der Waals surface area contributed by atoms with Crippen molar-refractivity contribution < 1.29 is 28.3 Å². The first-order valence-electron chi connectivity index (χ1n) is 16.5. The molecule has 0 saturated carbocycles. The Morgan fingerprint density at radius 2 is 1.73 bits per heavy atom. The second-order valence-corrected chi connectivity index (χ2v) is 13.5. The van der Waals surface area contributed by atoms with Crippen molar-refractivity contribution in [1.82, 2.24) is 10.2 Å². The van der Waals surface area contributed by atoms with Crippen LogP contribution in [0.4, 0.5) is 8.78 Å². The van der Waals surface area contributed by atoms with Gasteiger partial charge in [-0.05, 0) is 103 Å². The number of thiophene rings is 1. The van der Waals surface area contributed by atoms with E-state index in [0.29, 0.717) is 61.5 Å². The number of carbonyl (C=O) groups is 3. The molecule has 0 spiro atoms. The average Bonchev–Trinajstić information content (AvgIpc) is 3.43. The quantitative estimate of drug-likeness (QED) is 0.147. The third-order valence-electron chi connectivity index (χ3n) is 9.10. The van der Waals surface area contributed by atoms with Crippen LogP contribution in [-0.4, -0.2) is 53.8 Å². The van der Waals surface area contributed by atoms with Crippen LogP contribution in [0, 0.1) is 24.5 Å². The van der Waals surface area contributed by atoms with Crippen molar-refractivity contribution in [3.63, 3.8) is 0 Å². The molecule has 0 fully saturated rings. The third-order valence-corrected chi connectivity index (χ3v) is 10.3. The fourth-order valence-electron chi connectivity index (χ4n) is 6.97. The van der Waals surface area contributed by atoms with E-state index in [9.17, 15) is 19.5 Å². The van der Waals surface area contributed by atoms with Crippen molar-refractivity contribution >= 4 is 29.5 Å². The molecule has 4 N–H and O–H groups in total. The zero-order chi connectivity index (χ0) is 35.2. The Balaban J connectivity index is 1.80. The first-order valence-corrected chi connectivity index (χ1v) is 17.3. The van der Waals surface area contributed by atoms with Gasteiger partial charge < -0.3 is 21.1 Å². The largest absolute Gasteiger partial charge is 0.478 e. The van der Waals surface area contributed by atoms with Crippen molar-refractivity contribution in [3.05, 3.63) is 105 Å². The highest BCUT2D eigenvalue weighted by atomic mass is 32.1. The van der Waals surface area contributed by atoms with Gasteiger partial charge >= 0.3 is 5.97 Å². The number of rotatable bonds is 15. The van der Waals surface area contributed by atoms with Gasteiger partial charge in [0.05, 0.1) is 16.5 Å². The fraction of sp³-hybridized carbons (Fsp3) is 0.395. The molecule has 48 heavy (non-hydrogen) atoms. The maximum Gasteiger partial charge on any atom is 0.333 e. The minimum Gasteiger partial charge on any atom is -0.478 e. The van der Waals surface area contributed by atoms with E-state index in [2.05, 4.69) is 11.4 Å². The fourth-order valence-corrected chi connectivity index (χ4v) is 7.96. The minimum absolute atomic E-state index is 0.00277. The van der Waals surface area contributed by atoms with E-state index in [1.54, 1.807) is 11.8 Å². The SMILES string of the molecule is CCCN(CCC)C(=O)C1(c2cc(F)cc(F)c2)C([C@@H](CC)CNCc2cccc(-c3cc(C)c(C=O)s3)c2)=C(C)C=C(C(=O)O)[C@H]1N. The molecule has 1 aliphatic rings. The molecule has 1 amide bonds. The summed E-state index contributed by atoms with van der Waals surface area (Å²) in [5.41, 5.74) is 8.84. The number of benzene rings is 2. The number of aldehydes is 1. The molecule has 1 heterocycles. The van der Waals surface area contributed by atoms with E-state index < -0.39 is 35.0 Å². The lowest BCUT2D eigenvalue weighted by Gasteiger charge is -2.48. The number of carboxylic acid groups (broad SMARTS) is 1. The van der Waals surface area contributed by atoms with Gasteiger partial charge in [-0.1, -0.05) is 39.0 Å². The molecule has 10 heteroatoms. The average molecular weight is 678 g/mol. The lowest BCUT2D eigenvalue weighted by atomic mass is 9.58. The highest BCUT2D eigenvalue weighted by molar-refractivity contribution is 7.17. The number of aliphatic carboxylic acids is 1. The van der Waals surface area contributed by atoms with E-state index in [1.807, 2.05) is 52.0 Å². The number of hydrogen-bond donors (Lipinski definition) is 3. The third kappa shape index (κ3) is 7.36. The monoisotopic (exact) mass is 677 g/mol. The van der Waals surface area contributed by atoms with E-state index in [-0.39, 0.29) is 17.1 Å². The smallest absolute Gasteiger partial charge is 0.333 e. The normalized spacial score (nSPS) is 18.4. The van der Waals surface area contributed by atoms with Crippen LogP contribution in [0.3, 0.4) is 0 Å². The molecule has 3 aromatic rings. The van der Waals surface area contributed by atoms with Crippen LogP contribution in [0.5, 0.6) is 0 Å². The van der Waals surface area contributed by atoms with Crippen LogP contribution < -0.4 is 11.1 Å². The maximum absolute atomic E-state index is 15.0. The Kier molecular flexibility index (Phi) is 12.2. The second kappa shape index (κ2) is 15.9. The number of hydrogen-bond acceptors (Lipinski definition) is 6. The van der Waals surface area contributed by atoms with Crippen molar-refractivity contribution in [3.8, 4) is 10.4 Å². The lowest BCUT2D eigenvalue weighted by Crippen LogP contribution is -2.62. The van der Waals surface area contributed by atoms with Gasteiger partial charge in [-0.25, -0.2) is 13.6 Å². The highest BCUT2D eigenvalue weighted by Crippen LogP contribution is 2.48. The molecule has 0 bridgehead atoms. The van der Waals surface area contributed by atoms with Crippen molar-refractivity contribution in [2.24, 2.45) is 11.7 Å². The summed E-state index contributed by atoms with van der Waals surface area (Å²) in [6, 6.07) is 11.6. The summed E-state index contributed by atoms with van der Waals surface area (Å²) in [6.07, 6.45) is 4.17. The van der Waals surface area contributed by atoms with Crippen LogP contribution in [0.15, 0.2) is 71.3 Å². The Bertz CT molecular complexity index is 1710. The van der Waals surface area contributed by atoms with Gasteiger partial charge in [0.2, 0.25) is 5.91 Å². The first-order chi connectivity index (χ1) is 22.9. The lowest BCUT2D eigenvalue weighted by molar-refractivity contribution is -0.137. The molecule has 1 unspecified atom stereocenters. The van der Waals surface area contributed by atoms with Crippen LogP contribution in [0.1, 0.15) is 73.3 Å². The molecule has 7 nitrogen and oxygen atoms in total. The molecule has 0 radical (unpaired) electrons. The van der Waals surface area contributed by atoms with Gasteiger partial charge in [0.1, 0.15) is 17.0 Å². The number of aryl methyl sites for hydroxylation is 1. The zero-order valence-corrected chi connectivity index (χ0v) is 29.1. The van der Waals surface area contributed by atoms with Gasteiger partial charge in [-0.3, -0.25) is 9.59 Å². The van der Waals surface area contributed by atoms with Gasteiger partial charge in [0.25, 0.3) is 0 Å². The predicted molar refractivity (Wildman–Crippen MR) is 187 cm³/mol. The topological polar surface area (TPSA) is 113 Å². The number of nitrogens with zero attached hydrogens (tertiary/aromatic N) is 1. The first kappa shape index (κ1) is 36.8. The summed E-state index contributed by atoms with van der Waals surface area (Å²) >= 11 is 1.44. The standard InChI is InChI=1S/C38H45F2N3O4S/c1-6-12-43(13-7-2)37(47)38(28-17-29(39)19-30(40)18-28)34(24(5)14-31(35(38)41)36(45)46)26(8-3)21-42-20-25-10-9-11-27(16-25)32-15-23(4)33(22-44)48-32/h9-11,14-19,22,26,35,42H,6-8,12-13,20-21,41H2,1-5H3,(H,45,46)/t26-,35+,38?/m0/s1. The minimum atomic E-state index is -1.87. The Morgan fingerprint density at radius 1 is 1.06 bits per heavy atom. The molecular weight excluding hydrogens is 632 g/mol. The van der Waals surface area contributed by atoms with E-state index in [1.165, 1.54) is 17.4 Å². The number of allylic oxidation sites excluding steroid dienone is 2. The van der Waals surface area contributed by atoms with Crippen LogP contribution in [0.2, 0.25) is 0 Å². The molecule has 4 rings (SSSR count). The Hall–Kier alpha value is -3.99. The molecule has 3 atom stereocenters. The van der Waals surface area contributed by atoms with Gasteiger partial charge in [-0.2, -0.15) is 0 Å². The van der Waals surface area contributed by atoms with Crippen molar-refractivity contribution in [2.75, 3.05) is 19.6 Å². The number of amides is 1. The predicted octanol–water partition coefficient (Wildman–Crippen LogP) is 7.19. The molecule has 1 aromatic heterocycles. The number of carboxylic acids is 1. The zero-order valence-electron chi connectivity index (χ0n) is 28.2. The molecule has 1 aliphatic carbocycles. The van der Waals surface area contributed by atoms with E-state index in [4.69, 9.17) is 5.73 Å². The Labute approximate surface area is 285 Å². The molecule has 2 aromatic carbocycles. The second-order valence-electron chi connectivity index (χ2n) is 12.4. The molecule has 0 aliphatic heterocycles. The van der Waals surface area contributed by atoms with Crippen molar-refractivity contribution in [2.45, 2.75) is 71.9 Å². The summed E-state index contributed by atoms with van der Waals surface area (Å²) in [7, 11) is 0.